The standard InChI is InChI=1S/C29H28F2N8OS/c30-21-10-34-26(23-17(8-32)28(33)41-27(21)23)22-20-14-40-13-19(20)18-9-35-29(36-25(18)24(22)31)39-5-3-16(12-39)38-7-6-37-4-1-2-15(37)11-38/h9-10,15-16H,1-7,11-14,33H2/t15-,16-/m1/s1. The summed E-state index contributed by atoms with van der Waals surface area (Å²) in [6.45, 7) is 6.60. The molecule has 3 fully saturated rings. The number of nitrogens with two attached hydrogens (primary N) is 1. The topological polar surface area (TPSA) is 107 Å². The fraction of sp³-hybridized carbons (Fsp3) is 0.448. The molecule has 8 rings (SSSR count). The van der Waals surface area contributed by atoms with Crippen LogP contribution < -0.4 is 10.6 Å². The lowest BCUT2D eigenvalue weighted by molar-refractivity contribution is 0.0780. The molecular weight excluding hydrogens is 546 g/mol. The van der Waals surface area contributed by atoms with Crippen LogP contribution in [-0.4, -0.2) is 76.1 Å². The number of aromatic nitrogens is 3. The minimum atomic E-state index is -0.599. The molecule has 0 radical (unpaired) electrons. The van der Waals surface area contributed by atoms with Gasteiger partial charge in [-0.1, -0.05) is 0 Å². The molecule has 0 spiro atoms. The molecule has 0 amide bonds. The molecule has 3 aromatic heterocycles. The molecule has 3 saturated heterocycles. The molecule has 1 aromatic carbocycles. The molecule has 0 aliphatic carbocycles. The maximum Gasteiger partial charge on any atom is 0.226 e. The summed E-state index contributed by atoms with van der Waals surface area (Å²) in [4.78, 5) is 21.1. The Balaban J connectivity index is 1.20. The Bertz CT molecular complexity index is 1770. The van der Waals surface area contributed by atoms with Crippen LogP contribution in [0.1, 0.15) is 36.0 Å². The molecule has 0 unspecified atom stereocenters. The largest absolute Gasteiger partial charge is 0.389 e. The van der Waals surface area contributed by atoms with Crippen LogP contribution in [0.4, 0.5) is 19.7 Å². The summed E-state index contributed by atoms with van der Waals surface area (Å²) in [6.07, 6.45) is 6.34. The van der Waals surface area contributed by atoms with Gasteiger partial charge in [0, 0.05) is 67.3 Å². The molecular formula is C29H28F2N8OS. The molecule has 7 heterocycles. The number of hydrogen-bond acceptors (Lipinski definition) is 10. The number of halogens is 2. The summed E-state index contributed by atoms with van der Waals surface area (Å²) >= 11 is 0.965. The number of nitrogen functional groups attached to an aromatic ring is 1. The monoisotopic (exact) mass is 574 g/mol. The molecule has 0 bridgehead atoms. The number of pyridine rings is 1. The van der Waals surface area contributed by atoms with Crippen molar-refractivity contribution in [1.29, 1.82) is 5.26 Å². The second-order valence-electron chi connectivity index (χ2n) is 11.4. The van der Waals surface area contributed by atoms with Crippen molar-refractivity contribution in [2.45, 2.75) is 44.6 Å². The summed E-state index contributed by atoms with van der Waals surface area (Å²) < 4.78 is 37.3. The van der Waals surface area contributed by atoms with E-state index >= 15 is 4.39 Å². The molecule has 4 aliphatic rings. The predicted molar refractivity (Wildman–Crippen MR) is 152 cm³/mol. The zero-order valence-corrected chi connectivity index (χ0v) is 23.2. The Morgan fingerprint density at radius 2 is 1.83 bits per heavy atom. The third-order valence-corrected chi connectivity index (χ3v) is 10.3. The smallest absolute Gasteiger partial charge is 0.226 e. The van der Waals surface area contributed by atoms with Crippen LogP contribution in [0.3, 0.4) is 0 Å². The van der Waals surface area contributed by atoms with Gasteiger partial charge in [-0.2, -0.15) is 5.26 Å². The Morgan fingerprint density at radius 1 is 1.00 bits per heavy atom. The number of rotatable bonds is 3. The highest BCUT2D eigenvalue weighted by molar-refractivity contribution is 7.23. The Labute approximate surface area is 239 Å². The number of nitriles is 1. The van der Waals surface area contributed by atoms with E-state index < -0.39 is 11.6 Å². The van der Waals surface area contributed by atoms with Crippen LogP contribution in [0, 0.1) is 23.0 Å². The van der Waals surface area contributed by atoms with E-state index in [9.17, 15) is 9.65 Å². The van der Waals surface area contributed by atoms with Crippen molar-refractivity contribution < 1.29 is 13.5 Å². The number of piperazine rings is 1. The summed E-state index contributed by atoms with van der Waals surface area (Å²) in [5.74, 6) is -0.674. The van der Waals surface area contributed by atoms with Crippen LogP contribution >= 0.6 is 11.3 Å². The minimum Gasteiger partial charge on any atom is -0.389 e. The first-order valence-corrected chi connectivity index (χ1v) is 14.9. The van der Waals surface area contributed by atoms with Crippen LogP contribution in [-0.2, 0) is 18.0 Å². The predicted octanol–water partition coefficient (Wildman–Crippen LogP) is 4.03. The van der Waals surface area contributed by atoms with Crippen molar-refractivity contribution in [2.75, 3.05) is 49.9 Å². The normalized spacial score (nSPS) is 23.0. The highest BCUT2D eigenvalue weighted by Gasteiger charge is 2.37. The van der Waals surface area contributed by atoms with Crippen molar-refractivity contribution in [1.82, 2.24) is 24.8 Å². The molecule has 2 N–H and O–H groups in total. The molecule has 4 aromatic rings. The first-order chi connectivity index (χ1) is 20.0. The van der Waals surface area contributed by atoms with Crippen LogP contribution in [0.2, 0.25) is 0 Å². The third-order valence-electron chi connectivity index (χ3n) is 9.31. The maximum atomic E-state index is 16.6. The number of hydrogen-bond donors (Lipinski definition) is 1. The lowest BCUT2D eigenvalue weighted by atomic mass is 9.94. The molecule has 0 saturated carbocycles. The first kappa shape index (κ1) is 25.2. The van der Waals surface area contributed by atoms with E-state index in [0.29, 0.717) is 29.0 Å². The van der Waals surface area contributed by atoms with Crippen LogP contribution in [0.25, 0.3) is 32.2 Å². The summed E-state index contributed by atoms with van der Waals surface area (Å²) in [5.41, 5.74) is 8.10. The average molecular weight is 575 g/mol. The Hall–Kier alpha value is -3.50. The van der Waals surface area contributed by atoms with E-state index in [2.05, 4.69) is 30.7 Å². The van der Waals surface area contributed by atoms with Gasteiger partial charge in [-0.25, -0.2) is 18.7 Å². The van der Waals surface area contributed by atoms with Crippen molar-refractivity contribution in [3.63, 3.8) is 0 Å². The third kappa shape index (κ3) is 3.83. The Morgan fingerprint density at radius 3 is 2.71 bits per heavy atom. The first-order valence-electron chi connectivity index (χ1n) is 14.1. The van der Waals surface area contributed by atoms with Crippen molar-refractivity contribution in [2.24, 2.45) is 0 Å². The number of ether oxygens (including phenoxy) is 1. The van der Waals surface area contributed by atoms with Crippen LogP contribution in [0.5, 0.6) is 0 Å². The molecule has 12 heteroatoms. The fourth-order valence-corrected chi connectivity index (χ4v) is 8.18. The maximum absolute atomic E-state index is 16.6. The zero-order valence-electron chi connectivity index (χ0n) is 22.4. The molecule has 2 atom stereocenters. The number of fused-ring (bicyclic) bond motifs is 5. The minimum absolute atomic E-state index is 0.101. The van der Waals surface area contributed by atoms with Gasteiger partial charge < -0.3 is 15.4 Å². The zero-order chi connectivity index (χ0) is 27.8. The number of nitrogens with zero attached hydrogens (tertiary/aromatic N) is 7. The molecule has 4 aliphatic heterocycles. The van der Waals surface area contributed by atoms with Gasteiger partial charge in [-0.15, -0.1) is 11.3 Å². The highest BCUT2D eigenvalue weighted by atomic mass is 32.1. The van der Waals surface area contributed by atoms with Gasteiger partial charge >= 0.3 is 0 Å². The van der Waals surface area contributed by atoms with Gasteiger partial charge in [-0.3, -0.25) is 14.8 Å². The van der Waals surface area contributed by atoms with Gasteiger partial charge in [0.2, 0.25) is 5.95 Å². The van der Waals surface area contributed by atoms with E-state index in [1.165, 1.54) is 19.4 Å². The molecule has 210 valence electrons. The summed E-state index contributed by atoms with van der Waals surface area (Å²) in [7, 11) is 0. The van der Waals surface area contributed by atoms with E-state index in [-0.39, 0.29) is 50.6 Å². The lowest BCUT2D eigenvalue weighted by Gasteiger charge is -2.40. The number of benzene rings is 1. The van der Waals surface area contributed by atoms with Crippen molar-refractivity contribution in [3.05, 3.63) is 40.7 Å². The lowest BCUT2D eigenvalue weighted by Crippen LogP contribution is -2.54. The van der Waals surface area contributed by atoms with E-state index in [1.54, 1.807) is 6.20 Å². The van der Waals surface area contributed by atoms with Crippen molar-refractivity contribution in [3.8, 4) is 17.3 Å². The second kappa shape index (κ2) is 9.52. The molecule has 9 nitrogen and oxygen atoms in total. The summed E-state index contributed by atoms with van der Waals surface area (Å²) in [6, 6.07) is 3.15. The van der Waals surface area contributed by atoms with E-state index in [1.807, 2.05) is 0 Å². The second-order valence-corrected chi connectivity index (χ2v) is 12.5. The highest BCUT2D eigenvalue weighted by Crippen LogP contribution is 2.45. The van der Waals surface area contributed by atoms with Crippen LogP contribution in [0.15, 0.2) is 12.4 Å². The number of anilines is 2. The van der Waals surface area contributed by atoms with Gasteiger partial charge in [-0.05, 0) is 36.9 Å². The SMILES string of the molecule is N#Cc1c(N)sc2c(F)cnc(-c3c4c(c5cnc(N6CC[C@@H](N7CCN8CCC[C@@H]8C7)C6)nc5c3F)COC4)c12. The quantitative estimate of drug-likeness (QED) is 0.388. The van der Waals surface area contributed by atoms with Gasteiger partial charge in [0.15, 0.2) is 11.6 Å². The van der Waals surface area contributed by atoms with E-state index in [0.717, 1.165) is 62.2 Å². The average Bonchev–Trinajstić information content (AvgIpc) is 3.79. The van der Waals surface area contributed by atoms with E-state index in [4.69, 9.17) is 15.5 Å². The van der Waals surface area contributed by atoms with Gasteiger partial charge in [0.25, 0.3) is 0 Å². The fourth-order valence-electron chi connectivity index (χ4n) is 7.26. The van der Waals surface area contributed by atoms with Crippen molar-refractivity contribution >= 4 is 43.3 Å². The molecule has 41 heavy (non-hydrogen) atoms. The van der Waals surface area contributed by atoms with Gasteiger partial charge in [0.05, 0.1) is 35.4 Å². The van der Waals surface area contributed by atoms with Gasteiger partial charge in [0.1, 0.15) is 16.6 Å². The summed E-state index contributed by atoms with van der Waals surface area (Å²) in [5, 5.41) is 10.8. The number of thiophene rings is 1. The Kier molecular flexibility index (Phi) is 5.86.